The van der Waals surface area contributed by atoms with Crippen LogP contribution >= 0.6 is 0 Å². The molecule has 0 aromatic rings. The molecule has 0 atom stereocenters. The molecule has 0 radical (unpaired) electrons. The molecule has 1 saturated carbocycles. The average molecular weight is 361 g/mol. The molecule has 0 saturated heterocycles. The normalized spacial score (nSPS) is 14.4. The number of allylic oxidation sites excluding steroid dienone is 2. The maximum Gasteiger partial charge on any atom is -0.0283 e. The third-order valence-corrected chi connectivity index (χ3v) is 4.31. The summed E-state index contributed by atoms with van der Waals surface area (Å²) < 4.78 is 0. The molecule has 2 aliphatic rings. The third kappa shape index (κ3) is 35.7. The zero-order valence-corrected chi connectivity index (χ0v) is 16.6. The smallest absolute Gasteiger partial charge is 0.0283 e. The van der Waals surface area contributed by atoms with Crippen LogP contribution in [0.5, 0.6) is 0 Å². The summed E-state index contributed by atoms with van der Waals surface area (Å²) in [5.41, 5.74) is 3.96. The van der Waals surface area contributed by atoms with Crippen LogP contribution in [0, 0.1) is 5.41 Å². The largest absolute Gasteiger partial charge is 0.0776 e. The lowest BCUT2D eigenvalue weighted by Crippen LogP contribution is -1.95. The minimum absolute atomic E-state index is 0. The first-order valence-electron chi connectivity index (χ1n) is 9.49. The lowest BCUT2D eigenvalue weighted by atomic mass is 9.92. The highest BCUT2D eigenvalue weighted by Gasteiger charge is 2.30. The van der Waals surface area contributed by atoms with Crippen molar-refractivity contribution in [3.05, 3.63) is 11.1 Å². The summed E-state index contributed by atoms with van der Waals surface area (Å²) >= 11 is 0. The molecule has 2 rings (SSSR count). The van der Waals surface area contributed by atoms with Gasteiger partial charge in [-0.2, -0.15) is 0 Å². The summed E-state index contributed by atoms with van der Waals surface area (Å²) in [5.74, 6) is 0. The van der Waals surface area contributed by atoms with Gasteiger partial charge in [0, 0.05) is 0 Å². The van der Waals surface area contributed by atoms with E-state index in [0.717, 1.165) is 5.41 Å². The van der Waals surface area contributed by atoms with Gasteiger partial charge in [0.2, 0.25) is 0 Å². The number of hydrogen-bond donors (Lipinski definition) is 0. The Kier molecular flexibility index (Phi) is 41.3. The fraction of sp³-hybridized carbons (Fsp3) is 0.920. The Morgan fingerprint density at radius 3 is 0.880 bits per heavy atom. The average Bonchev–Trinajstić information content (AvgIpc) is 3.19. The van der Waals surface area contributed by atoms with Crippen LogP contribution in [0.3, 0.4) is 0 Å². The van der Waals surface area contributed by atoms with Crippen LogP contribution in [0.4, 0.5) is 0 Å². The predicted octanol–water partition coefficient (Wildman–Crippen LogP) is 10.9. The van der Waals surface area contributed by atoms with E-state index in [1.807, 2.05) is 0 Å². The fourth-order valence-electron chi connectivity index (χ4n) is 1.37. The van der Waals surface area contributed by atoms with Gasteiger partial charge in [-0.3, -0.25) is 0 Å². The van der Waals surface area contributed by atoms with Crippen molar-refractivity contribution >= 4 is 0 Å². The SMILES string of the molecule is C.C.C.C.CC1(C)CC1.CC1=C(C)CC1.CCCC.CCCCCC. The Morgan fingerprint density at radius 1 is 0.600 bits per heavy atom. The van der Waals surface area contributed by atoms with E-state index < -0.39 is 0 Å². The van der Waals surface area contributed by atoms with E-state index in [0.29, 0.717) is 0 Å². The summed E-state index contributed by atoms with van der Waals surface area (Å²) in [5, 5.41) is 0. The molecule has 0 nitrogen and oxygen atoms in total. The Morgan fingerprint density at radius 2 is 0.840 bits per heavy atom. The lowest BCUT2D eigenvalue weighted by Gasteiger charge is -2.15. The van der Waals surface area contributed by atoms with Gasteiger partial charge in [-0.05, 0) is 44.9 Å². The van der Waals surface area contributed by atoms with Crippen molar-refractivity contribution in [2.75, 3.05) is 0 Å². The molecule has 0 aliphatic heterocycles. The first-order valence-corrected chi connectivity index (χ1v) is 9.49. The van der Waals surface area contributed by atoms with Gasteiger partial charge >= 0.3 is 0 Å². The second-order valence-corrected chi connectivity index (χ2v) is 7.43. The summed E-state index contributed by atoms with van der Waals surface area (Å²) in [4.78, 5) is 0. The van der Waals surface area contributed by atoms with Crippen LogP contribution in [0.2, 0.25) is 0 Å². The van der Waals surface area contributed by atoms with E-state index >= 15 is 0 Å². The second-order valence-electron chi connectivity index (χ2n) is 7.43. The summed E-state index contributed by atoms with van der Waals surface area (Å²) in [6.45, 7) is 17.8. The quantitative estimate of drug-likeness (QED) is 0.345. The Balaban J connectivity index is -0.0000000462. The molecule has 1 fully saturated rings. The van der Waals surface area contributed by atoms with Crippen molar-refractivity contribution in [3.8, 4) is 0 Å². The van der Waals surface area contributed by atoms with Crippen LogP contribution in [-0.2, 0) is 0 Å². The minimum Gasteiger partial charge on any atom is -0.0776 e. The van der Waals surface area contributed by atoms with Gasteiger partial charge in [0.15, 0.2) is 0 Å². The van der Waals surface area contributed by atoms with Gasteiger partial charge < -0.3 is 0 Å². The van der Waals surface area contributed by atoms with E-state index in [-0.39, 0.29) is 29.7 Å². The lowest BCUT2D eigenvalue weighted by molar-refractivity contribution is 0.653. The molecular formula is C25H60. The third-order valence-electron chi connectivity index (χ3n) is 4.31. The standard InChI is InChI=1S/C6H10.C6H14.C5H10.C4H10.4CH4/c1-5-3-4-6(5)2;1-3-5-6-4-2;1-5(2)3-4-5;1-3-4-2;;;;/h3-4H2,1-2H3;3-6H2,1-2H3;3-4H2,1-2H3;3-4H2,1-2H3;4*1H4. The van der Waals surface area contributed by atoms with Crippen molar-refractivity contribution in [2.45, 2.75) is 149 Å². The second kappa shape index (κ2) is 26.0. The van der Waals surface area contributed by atoms with Crippen molar-refractivity contribution in [3.63, 3.8) is 0 Å². The van der Waals surface area contributed by atoms with E-state index in [4.69, 9.17) is 0 Å². The molecule has 0 aromatic heterocycles. The van der Waals surface area contributed by atoms with Crippen molar-refractivity contribution in [1.29, 1.82) is 0 Å². The summed E-state index contributed by atoms with van der Waals surface area (Å²) in [7, 11) is 0. The molecule has 0 bridgehead atoms. The molecule has 0 heterocycles. The van der Waals surface area contributed by atoms with E-state index in [1.54, 1.807) is 11.1 Å². The van der Waals surface area contributed by atoms with E-state index in [9.17, 15) is 0 Å². The van der Waals surface area contributed by atoms with Crippen molar-refractivity contribution < 1.29 is 0 Å². The maximum absolute atomic E-state index is 2.30. The molecule has 0 spiro atoms. The molecule has 25 heavy (non-hydrogen) atoms. The van der Waals surface area contributed by atoms with Crippen LogP contribution in [0.25, 0.3) is 0 Å². The molecule has 2 aliphatic carbocycles. The number of hydrogen-bond acceptors (Lipinski definition) is 0. The van der Waals surface area contributed by atoms with E-state index in [2.05, 4.69) is 55.4 Å². The number of unbranched alkanes of at least 4 members (excludes halogenated alkanes) is 4. The fourth-order valence-corrected chi connectivity index (χ4v) is 1.37. The van der Waals surface area contributed by atoms with Gasteiger partial charge in [-0.1, -0.05) is 121 Å². The van der Waals surface area contributed by atoms with Gasteiger partial charge in [0.05, 0.1) is 0 Å². The highest BCUT2D eigenvalue weighted by Crippen LogP contribution is 2.43. The molecule has 0 heteroatoms. The summed E-state index contributed by atoms with van der Waals surface area (Å²) in [6, 6.07) is 0. The number of rotatable bonds is 4. The Bertz CT molecular complexity index is 221. The Hall–Kier alpha value is -0.260. The van der Waals surface area contributed by atoms with Gasteiger partial charge in [-0.15, -0.1) is 0 Å². The maximum atomic E-state index is 2.30. The van der Waals surface area contributed by atoms with Crippen LogP contribution < -0.4 is 0 Å². The van der Waals surface area contributed by atoms with Gasteiger partial charge in [-0.25, -0.2) is 0 Å². The topological polar surface area (TPSA) is 0 Å². The first-order chi connectivity index (χ1) is 9.84. The summed E-state index contributed by atoms with van der Waals surface area (Å²) in [6.07, 6.45) is 13.8. The van der Waals surface area contributed by atoms with E-state index in [1.165, 1.54) is 64.2 Å². The molecule has 0 amide bonds. The molecule has 0 unspecified atom stereocenters. The van der Waals surface area contributed by atoms with Crippen LogP contribution in [-0.4, -0.2) is 0 Å². The zero-order valence-electron chi connectivity index (χ0n) is 16.6. The Labute approximate surface area is 166 Å². The minimum atomic E-state index is 0. The molecule has 0 aromatic carbocycles. The van der Waals surface area contributed by atoms with Gasteiger partial charge in [0.25, 0.3) is 0 Å². The predicted molar refractivity (Wildman–Crippen MR) is 128 cm³/mol. The van der Waals surface area contributed by atoms with Crippen LogP contribution in [0.15, 0.2) is 11.1 Å². The molecule has 0 N–H and O–H groups in total. The molecule has 160 valence electrons. The van der Waals surface area contributed by atoms with Crippen molar-refractivity contribution in [2.24, 2.45) is 5.41 Å². The van der Waals surface area contributed by atoms with Gasteiger partial charge in [0.1, 0.15) is 0 Å². The van der Waals surface area contributed by atoms with Crippen molar-refractivity contribution in [1.82, 2.24) is 0 Å². The first kappa shape index (κ1) is 39.7. The van der Waals surface area contributed by atoms with Crippen LogP contribution in [0.1, 0.15) is 149 Å². The highest BCUT2D eigenvalue weighted by molar-refractivity contribution is 5.19. The highest BCUT2D eigenvalue weighted by atomic mass is 14.4. The molecular weight excluding hydrogens is 300 g/mol. The zero-order chi connectivity index (χ0) is 16.7. The monoisotopic (exact) mass is 360 g/mol.